The van der Waals surface area contributed by atoms with Crippen molar-refractivity contribution in [1.82, 2.24) is 15.0 Å². The van der Waals surface area contributed by atoms with Gasteiger partial charge < -0.3 is 4.74 Å². The number of Topliss-reactive ketones (excluding diaryl/α,β-unsaturated/α-hetero) is 1. The minimum atomic E-state index is -5.13. The summed E-state index contributed by atoms with van der Waals surface area (Å²) < 4.78 is 69.6. The molecule has 6 nitrogen and oxygen atoms in total. The van der Waals surface area contributed by atoms with E-state index in [9.17, 15) is 26.7 Å². The van der Waals surface area contributed by atoms with E-state index in [-0.39, 0.29) is 17.5 Å². The second-order valence-electron chi connectivity index (χ2n) is 8.43. The average Bonchev–Trinajstić information content (AvgIpc) is 3.36. The van der Waals surface area contributed by atoms with Gasteiger partial charge in [0.25, 0.3) is 0 Å². The molecule has 2 aromatic carbocycles. The number of halogens is 5. The molecule has 2 aromatic heterocycles. The van der Waals surface area contributed by atoms with E-state index in [4.69, 9.17) is 0 Å². The van der Waals surface area contributed by atoms with Gasteiger partial charge in [0, 0.05) is 42.8 Å². The van der Waals surface area contributed by atoms with E-state index in [1.165, 1.54) is 18.5 Å². The van der Waals surface area contributed by atoms with Crippen LogP contribution in [-0.2, 0) is 19.3 Å². The van der Waals surface area contributed by atoms with E-state index in [1.54, 1.807) is 24.5 Å². The number of alkyl halides is 3. The zero-order valence-electron chi connectivity index (χ0n) is 19.5. The second kappa shape index (κ2) is 10.1. The number of carbonyl (C=O) groups excluding carboxylic acids is 1. The minimum absolute atomic E-state index is 0.0279. The van der Waals surface area contributed by atoms with Crippen molar-refractivity contribution in [3.8, 4) is 17.0 Å². The first-order chi connectivity index (χ1) is 18.2. The van der Waals surface area contributed by atoms with Gasteiger partial charge in [0.15, 0.2) is 17.3 Å². The Kier molecular flexibility index (Phi) is 6.66. The molecule has 0 saturated carbocycles. The summed E-state index contributed by atoms with van der Waals surface area (Å²) in [6, 6.07) is 10.2. The molecule has 4 aromatic rings. The maximum Gasteiger partial charge on any atom is 0.573 e. The van der Waals surface area contributed by atoms with Gasteiger partial charge in [-0.1, -0.05) is 12.1 Å². The molecular weight excluding hydrogens is 507 g/mol. The summed E-state index contributed by atoms with van der Waals surface area (Å²) >= 11 is 0. The van der Waals surface area contributed by atoms with Crippen LogP contribution in [0.4, 0.5) is 27.6 Å². The van der Waals surface area contributed by atoms with Crippen molar-refractivity contribution in [1.29, 1.82) is 0 Å². The SMILES string of the molecule is O=C(Cc1cc(Cc2ncccc2-c2ncnc3c2N=CC3)ccc1F)c1ccc(F)c(OC(F)(F)F)c1. The Balaban J connectivity index is 1.40. The third-order valence-corrected chi connectivity index (χ3v) is 5.86. The van der Waals surface area contributed by atoms with Crippen molar-refractivity contribution in [3.05, 3.63) is 101 Å². The number of benzene rings is 2. The fourth-order valence-electron chi connectivity index (χ4n) is 4.14. The highest BCUT2D eigenvalue weighted by molar-refractivity contribution is 5.98. The molecule has 0 spiro atoms. The molecule has 0 fully saturated rings. The van der Waals surface area contributed by atoms with Crippen molar-refractivity contribution in [2.24, 2.45) is 4.99 Å². The molecule has 0 saturated heterocycles. The Morgan fingerprint density at radius 2 is 1.79 bits per heavy atom. The van der Waals surface area contributed by atoms with Crippen LogP contribution in [0.3, 0.4) is 0 Å². The summed E-state index contributed by atoms with van der Waals surface area (Å²) in [6.07, 6.45) is 0.120. The summed E-state index contributed by atoms with van der Waals surface area (Å²) in [5.74, 6) is -3.79. The third kappa shape index (κ3) is 5.41. The zero-order chi connectivity index (χ0) is 26.9. The van der Waals surface area contributed by atoms with E-state index in [1.807, 2.05) is 6.07 Å². The summed E-state index contributed by atoms with van der Waals surface area (Å²) in [4.78, 5) is 30.2. The molecule has 0 bridgehead atoms. The van der Waals surface area contributed by atoms with E-state index in [0.717, 1.165) is 17.3 Å². The summed E-state index contributed by atoms with van der Waals surface area (Å²) in [6.45, 7) is 0. The average molecular weight is 524 g/mol. The molecule has 0 atom stereocenters. The standard InChI is InChI=1S/C27H17F5N4O2/c28-19-5-3-15(10-17(19)12-23(37)16-4-6-20(29)24(13-16)38-27(30,31)32)11-22-18(2-1-8-33-22)25-26-21(7-9-34-26)35-14-36-25/h1-6,8-10,13-14H,7,11-12H2. The summed E-state index contributed by atoms with van der Waals surface area (Å²) in [7, 11) is 0. The van der Waals surface area contributed by atoms with Gasteiger partial charge in [0.05, 0.1) is 11.4 Å². The van der Waals surface area contributed by atoms with Crippen LogP contribution >= 0.6 is 0 Å². The highest BCUT2D eigenvalue weighted by atomic mass is 19.4. The quantitative estimate of drug-likeness (QED) is 0.219. The molecule has 11 heteroatoms. The van der Waals surface area contributed by atoms with E-state index in [2.05, 4.69) is 24.7 Å². The Morgan fingerprint density at radius 1 is 0.974 bits per heavy atom. The number of ketones is 1. The number of hydrogen-bond donors (Lipinski definition) is 0. The van der Waals surface area contributed by atoms with Crippen molar-refractivity contribution in [3.63, 3.8) is 0 Å². The molecule has 192 valence electrons. The monoisotopic (exact) mass is 524 g/mol. The number of nitrogens with zero attached hydrogens (tertiary/aromatic N) is 4. The van der Waals surface area contributed by atoms with Gasteiger partial charge in [-0.15, -0.1) is 13.2 Å². The number of hydrogen-bond acceptors (Lipinski definition) is 6. The number of carbonyl (C=O) groups is 1. The summed E-state index contributed by atoms with van der Waals surface area (Å²) in [5, 5.41) is 0. The fourth-order valence-corrected chi connectivity index (χ4v) is 4.14. The summed E-state index contributed by atoms with van der Waals surface area (Å²) in [5.41, 5.74) is 3.89. The van der Waals surface area contributed by atoms with Gasteiger partial charge in [-0.05, 0) is 47.5 Å². The fraction of sp³-hybridized carbons (Fsp3) is 0.148. The molecule has 0 N–H and O–H groups in total. The first kappa shape index (κ1) is 25.1. The first-order valence-electron chi connectivity index (χ1n) is 11.3. The zero-order valence-corrected chi connectivity index (χ0v) is 19.5. The lowest BCUT2D eigenvalue weighted by Crippen LogP contribution is -2.18. The van der Waals surface area contributed by atoms with Crippen molar-refractivity contribution >= 4 is 17.7 Å². The van der Waals surface area contributed by atoms with Crippen LogP contribution in [0.2, 0.25) is 0 Å². The van der Waals surface area contributed by atoms with Crippen LogP contribution in [0.25, 0.3) is 11.3 Å². The van der Waals surface area contributed by atoms with Crippen molar-refractivity contribution in [2.45, 2.75) is 25.6 Å². The van der Waals surface area contributed by atoms with E-state index in [0.29, 0.717) is 41.2 Å². The van der Waals surface area contributed by atoms with Gasteiger partial charge in [0.1, 0.15) is 23.5 Å². The van der Waals surface area contributed by atoms with Crippen LogP contribution in [0.1, 0.15) is 32.9 Å². The number of aliphatic imine (C=N–C) groups is 1. The lowest BCUT2D eigenvalue weighted by atomic mass is 9.97. The second-order valence-corrected chi connectivity index (χ2v) is 8.43. The molecule has 0 radical (unpaired) electrons. The highest BCUT2D eigenvalue weighted by Gasteiger charge is 2.32. The van der Waals surface area contributed by atoms with Crippen LogP contribution in [0, 0.1) is 11.6 Å². The molecule has 1 aliphatic heterocycles. The van der Waals surface area contributed by atoms with Gasteiger partial charge in [-0.3, -0.25) is 14.8 Å². The van der Waals surface area contributed by atoms with Crippen LogP contribution in [0.5, 0.6) is 5.75 Å². The Labute approximate surface area is 212 Å². The first-order valence-corrected chi connectivity index (χ1v) is 11.3. The molecular formula is C27H17F5N4O2. The topological polar surface area (TPSA) is 77.3 Å². The number of ether oxygens (including phenoxy) is 1. The maximum atomic E-state index is 14.6. The van der Waals surface area contributed by atoms with Crippen LogP contribution in [0.15, 0.2) is 66.0 Å². The lowest BCUT2D eigenvalue weighted by molar-refractivity contribution is -0.275. The Hall–Kier alpha value is -4.54. The molecule has 0 amide bonds. The van der Waals surface area contributed by atoms with Crippen LogP contribution in [-0.4, -0.2) is 33.3 Å². The molecule has 1 aliphatic rings. The Morgan fingerprint density at radius 3 is 2.61 bits per heavy atom. The smallest absolute Gasteiger partial charge is 0.403 e. The van der Waals surface area contributed by atoms with E-state index >= 15 is 0 Å². The lowest BCUT2D eigenvalue weighted by Gasteiger charge is -2.12. The maximum absolute atomic E-state index is 14.6. The number of aromatic nitrogens is 3. The van der Waals surface area contributed by atoms with E-state index < -0.39 is 36.0 Å². The van der Waals surface area contributed by atoms with Crippen molar-refractivity contribution < 1.29 is 31.5 Å². The highest BCUT2D eigenvalue weighted by Crippen LogP contribution is 2.35. The van der Waals surface area contributed by atoms with Gasteiger partial charge in [0.2, 0.25) is 0 Å². The third-order valence-electron chi connectivity index (χ3n) is 5.86. The molecule has 0 aliphatic carbocycles. The predicted molar refractivity (Wildman–Crippen MR) is 127 cm³/mol. The molecule has 0 unspecified atom stereocenters. The van der Waals surface area contributed by atoms with Gasteiger partial charge >= 0.3 is 6.36 Å². The molecule has 5 rings (SSSR count). The number of pyridine rings is 1. The predicted octanol–water partition coefficient (Wildman–Crippen LogP) is 5.99. The molecule has 38 heavy (non-hydrogen) atoms. The molecule has 3 heterocycles. The van der Waals surface area contributed by atoms with Crippen LogP contribution < -0.4 is 4.74 Å². The number of fused-ring (bicyclic) bond motifs is 1. The normalized spacial score (nSPS) is 12.4. The van der Waals surface area contributed by atoms with Crippen molar-refractivity contribution in [2.75, 3.05) is 0 Å². The number of rotatable bonds is 7. The largest absolute Gasteiger partial charge is 0.573 e. The Bertz CT molecular complexity index is 1570. The van der Waals surface area contributed by atoms with Gasteiger partial charge in [-0.2, -0.15) is 0 Å². The minimum Gasteiger partial charge on any atom is -0.403 e. The van der Waals surface area contributed by atoms with Gasteiger partial charge in [-0.25, -0.2) is 18.7 Å².